The lowest BCUT2D eigenvalue weighted by molar-refractivity contribution is -0.123. The van der Waals surface area contributed by atoms with Crippen molar-refractivity contribution >= 4 is 29.1 Å². The van der Waals surface area contributed by atoms with Crippen LogP contribution in [-0.4, -0.2) is 43.3 Å². The first-order valence-corrected chi connectivity index (χ1v) is 11.0. The van der Waals surface area contributed by atoms with Crippen molar-refractivity contribution in [2.45, 2.75) is 20.0 Å². The van der Waals surface area contributed by atoms with Crippen LogP contribution in [0.3, 0.4) is 0 Å². The van der Waals surface area contributed by atoms with Gasteiger partial charge in [0.15, 0.2) is 29.2 Å². The Morgan fingerprint density at radius 2 is 1.51 bits per heavy atom. The standard InChI is InChI=1S/C27H23NO7/c1-4-34-23-13-16(9-12-22(23)33-3)27(32)35-15(2)26(31)28-17-10-11-20-21(14-17)25(30)19-8-6-5-7-18(19)24(20)29/h5-15H,4H2,1-3H3,(H,28,31). The van der Waals surface area contributed by atoms with E-state index in [4.69, 9.17) is 14.2 Å². The van der Waals surface area contributed by atoms with Gasteiger partial charge in [-0.25, -0.2) is 4.79 Å². The van der Waals surface area contributed by atoms with Crippen molar-refractivity contribution in [2.24, 2.45) is 0 Å². The van der Waals surface area contributed by atoms with Gasteiger partial charge in [-0.3, -0.25) is 14.4 Å². The number of methoxy groups -OCH3 is 1. The Morgan fingerprint density at radius 1 is 0.857 bits per heavy atom. The molecule has 3 aromatic rings. The molecule has 1 amide bonds. The molecule has 4 rings (SSSR count). The van der Waals surface area contributed by atoms with Gasteiger partial charge in [0.1, 0.15) is 0 Å². The number of ether oxygens (including phenoxy) is 3. The van der Waals surface area contributed by atoms with E-state index in [0.29, 0.717) is 34.9 Å². The van der Waals surface area contributed by atoms with Crippen LogP contribution in [0.5, 0.6) is 11.5 Å². The van der Waals surface area contributed by atoms with Gasteiger partial charge in [-0.05, 0) is 50.2 Å². The molecule has 8 heteroatoms. The first-order valence-electron chi connectivity index (χ1n) is 11.0. The van der Waals surface area contributed by atoms with Gasteiger partial charge in [0, 0.05) is 27.9 Å². The first kappa shape index (κ1) is 23.7. The molecule has 0 bridgehead atoms. The fraction of sp³-hybridized carbons (Fsp3) is 0.185. The molecule has 0 saturated carbocycles. The molecule has 1 N–H and O–H groups in total. The molecule has 0 aromatic heterocycles. The van der Waals surface area contributed by atoms with Gasteiger partial charge in [0.2, 0.25) is 0 Å². The lowest BCUT2D eigenvalue weighted by atomic mass is 9.84. The van der Waals surface area contributed by atoms with Crippen LogP contribution in [0, 0.1) is 0 Å². The predicted molar refractivity (Wildman–Crippen MR) is 127 cm³/mol. The number of hydrogen-bond acceptors (Lipinski definition) is 7. The minimum atomic E-state index is -1.13. The van der Waals surface area contributed by atoms with Gasteiger partial charge in [-0.15, -0.1) is 0 Å². The highest BCUT2D eigenvalue weighted by molar-refractivity contribution is 6.28. The highest BCUT2D eigenvalue weighted by atomic mass is 16.5. The molecule has 0 fully saturated rings. The van der Waals surface area contributed by atoms with E-state index < -0.39 is 18.0 Å². The predicted octanol–water partition coefficient (Wildman–Crippen LogP) is 4.05. The van der Waals surface area contributed by atoms with Gasteiger partial charge in [0.25, 0.3) is 5.91 Å². The van der Waals surface area contributed by atoms with E-state index in [1.165, 1.54) is 44.4 Å². The third-order valence-electron chi connectivity index (χ3n) is 5.54. The van der Waals surface area contributed by atoms with Crippen LogP contribution in [0.25, 0.3) is 0 Å². The van der Waals surface area contributed by atoms with E-state index in [-0.39, 0.29) is 28.3 Å². The van der Waals surface area contributed by atoms with E-state index >= 15 is 0 Å². The number of esters is 1. The Hall–Kier alpha value is -4.46. The second kappa shape index (κ2) is 9.80. The first-order chi connectivity index (χ1) is 16.8. The highest BCUT2D eigenvalue weighted by Crippen LogP contribution is 2.30. The number of ketones is 2. The van der Waals surface area contributed by atoms with Crippen LogP contribution in [0.4, 0.5) is 5.69 Å². The smallest absolute Gasteiger partial charge is 0.339 e. The molecule has 35 heavy (non-hydrogen) atoms. The average molecular weight is 473 g/mol. The topological polar surface area (TPSA) is 108 Å². The molecular weight excluding hydrogens is 450 g/mol. The molecule has 1 unspecified atom stereocenters. The molecule has 1 aliphatic rings. The van der Waals surface area contributed by atoms with E-state index in [9.17, 15) is 19.2 Å². The maximum Gasteiger partial charge on any atom is 0.339 e. The van der Waals surface area contributed by atoms with Crippen molar-refractivity contribution < 1.29 is 33.4 Å². The fourth-order valence-corrected chi connectivity index (χ4v) is 3.78. The molecule has 0 radical (unpaired) electrons. The Morgan fingerprint density at radius 3 is 2.17 bits per heavy atom. The summed E-state index contributed by atoms with van der Waals surface area (Å²) in [6.07, 6.45) is -1.13. The average Bonchev–Trinajstić information content (AvgIpc) is 2.87. The summed E-state index contributed by atoms with van der Waals surface area (Å²) in [7, 11) is 1.49. The monoisotopic (exact) mass is 473 g/mol. The Balaban J connectivity index is 1.47. The van der Waals surface area contributed by atoms with Gasteiger partial charge >= 0.3 is 5.97 Å². The van der Waals surface area contributed by atoms with Crippen LogP contribution in [0.1, 0.15) is 56.0 Å². The summed E-state index contributed by atoms with van der Waals surface area (Å²) >= 11 is 0. The van der Waals surface area contributed by atoms with Crippen molar-refractivity contribution in [2.75, 3.05) is 19.0 Å². The second-order valence-electron chi connectivity index (χ2n) is 7.80. The minimum absolute atomic E-state index is 0.199. The van der Waals surface area contributed by atoms with E-state index in [0.717, 1.165) is 0 Å². The summed E-state index contributed by atoms with van der Waals surface area (Å²) in [5.74, 6) is -0.990. The number of amides is 1. The zero-order chi connectivity index (χ0) is 25.1. The Bertz CT molecular complexity index is 1350. The number of rotatable bonds is 7. The molecule has 0 heterocycles. The lowest BCUT2D eigenvalue weighted by Gasteiger charge is -2.19. The van der Waals surface area contributed by atoms with E-state index in [1.807, 2.05) is 0 Å². The SMILES string of the molecule is CCOc1cc(C(=O)OC(C)C(=O)Nc2ccc3c(c2)C(=O)c2ccccc2C3=O)ccc1OC. The van der Waals surface area contributed by atoms with Crippen molar-refractivity contribution in [3.63, 3.8) is 0 Å². The maximum absolute atomic E-state index is 12.9. The molecule has 178 valence electrons. The number of nitrogens with one attached hydrogen (secondary N) is 1. The van der Waals surface area contributed by atoms with Crippen LogP contribution in [0.2, 0.25) is 0 Å². The largest absolute Gasteiger partial charge is 0.493 e. The van der Waals surface area contributed by atoms with Crippen molar-refractivity contribution in [1.29, 1.82) is 0 Å². The van der Waals surface area contributed by atoms with E-state index in [1.54, 1.807) is 37.3 Å². The minimum Gasteiger partial charge on any atom is -0.493 e. The van der Waals surface area contributed by atoms with Crippen molar-refractivity contribution in [3.8, 4) is 11.5 Å². The number of anilines is 1. The number of carbonyl (C=O) groups excluding carboxylic acids is 4. The maximum atomic E-state index is 12.9. The zero-order valence-electron chi connectivity index (χ0n) is 19.4. The lowest BCUT2D eigenvalue weighted by Crippen LogP contribution is -2.30. The Labute approximate surface area is 201 Å². The van der Waals surface area contributed by atoms with Crippen molar-refractivity contribution in [3.05, 3.63) is 88.5 Å². The van der Waals surface area contributed by atoms with Gasteiger partial charge < -0.3 is 19.5 Å². The molecule has 0 spiro atoms. The third kappa shape index (κ3) is 4.63. The van der Waals surface area contributed by atoms with Crippen LogP contribution in [0.15, 0.2) is 60.7 Å². The number of carbonyl (C=O) groups is 4. The Kier molecular flexibility index (Phi) is 6.64. The van der Waals surface area contributed by atoms with Crippen LogP contribution in [-0.2, 0) is 9.53 Å². The number of benzene rings is 3. The zero-order valence-corrected chi connectivity index (χ0v) is 19.4. The highest BCUT2D eigenvalue weighted by Gasteiger charge is 2.30. The second-order valence-corrected chi connectivity index (χ2v) is 7.80. The third-order valence-corrected chi connectivity index (χ3v) is 5.54. The summed E-state index contributed by atoms with van der Waals surface area (Å²) in [5, 5.41) is 2.63. The van der Waals surface area contributed by atoms with Gasteiger partial charge in [-0.2, -0.15) is 0 Å². The molecule has 3 aromatic carbocycles. The number of fused-ring (bicyclic) bond motifs is 2. The van der Waals surface area contributed by atoms with Crippen molar-refractivity contribution in [1.82, 2.24) is 0 Å². The summed E-state index contributed by atoms with van der Waals surface area (Å²) in [6, 6.07) is 15.7. The molecular formula is C27H23NO7. The van der Waals surface area contributed by atoms with Crippen LogP contribution < -0.4 is 14.8 Å². The van der Waals surface area contributed by atoms with Gasteiger partial charge in [-0.1, -0.05) is 24.3 Å². The molecule has 0 saturated heterocycles. The van der Waals surface area contributed by atoms with Crippen LogP contribution >= 0.6 is 0 Å². The number of hydrogen-bond donors (Lipinski definition) is 1. The van der Waals surface area contributed by atoms with E-state index in [2.05, 4.69) is 5.32 Å². The fourth-order valence-electron chi connectivity index (χ4n) is 3.78. The summed E-state index contributed by atoms with van der Waals surface area (Å²) in [4.78, 5) is 50.9. The molecule has 1 aliphatic carbocycles. The summed E-state index contributed by atoms with van der Waals surface area (Å²) < 4.78 is 16.0. The molecule has 0 aliphatic heterocycles. The summed E-state index contributed by atoms with van der Waals surface area (Å²) in [5.41, 5.74) is 1.66. The normalized spacial score (nSPS) is 12.8. The quantitative estimate of drug-likeness (QED) is 0.403. The van der Waals surface area contributed by atoms with Gasteiger partial charge in [0.05, 0.1) is 19.3 Å². The molecule has 8 nitrogen and oxygen atoms in total. The molecule has 1 atom stereocenters. The summed E-state index contributed by atoms with van der Waals surface area (Å²) in [6.45, 7) is 3.62.